The Bertz CT molecular complexity index is 316. The predicted octanol–water partition coefficient (Wildman–Crippen LogP) is 3.01. The van der Waals surface area contributed by atoms with Crippen molar-refractivity contribution in [3.63, 3.8) is 0 Å². The number of rotatable bonds is 4. The fourth-order valence-corrected chi connectivity index (χ4v) is 2.53. The van der Waals surface area contributed by atoms with Gasteiger partial charge in [0.2, 0.25) is 0 Å². The Kier molecular flexibility index (Phi) is 4.60. The zero-order valence-corrected chi connectivity index (χ0v) is 9.46. The van der Waals surface area contributed by atoms with Crippen molar-refractivity contribution in [3.8, 4) is 0 Å². The molecule has 1 rings (SSSR count). The molecule has 1 aromatic carbocycles. The van der Waals surface area contributed by atoms with Gasteiger partial charge < -0.3 is 0 Å². The van der Waals surface area contributed by atoms with Gasteiger partial charge in [-0.15, -0.1) is 0 Å². The Morgan fingerprint density at radius 2 is 2.00 bits per heavy atom. The van der Waals surface area contributed by atoms with Crippen LogP contribution in [0.1, 0.15) is 13.8 Å². The summed E-state index contributed by atoms with van der Waals surface area (Å²) in [4.78, 5) is 0.920. The number of hydrogen-bond acceptors (Lipinski definition) is 1. The summed E-state index contributed by atoms with van der Waals surface area (Å²) in [6.07, 6.45) is 4.09. The lowest BCUT2D eigenvalue weighted by Crippen LogP contribution is -2.05. The highest BCUT2D eigenvalue weighted by Crippen LogP contribution is 2.09. The Morgan fingerprint density at radius 3 is 2.57 bits per heavy atom. The quantitative estimate of drug-likeness (QED) is 0.695. The summed E-state index contributed by atoms with van der Waals surface area (Å²) in [6, 6.07) is 9.62. The Labute approximate surface area is 88.3 Å². The minimum absolute atomic E-state index is 0.376. The second kappa shape index (κ2) is 5.76. The van der Waals surface area contributed by atoms with E-state index in [-0.39, 0.29) is 0 Å². The third-order valence-corrected chi connectivity index (χ3v) is 3.57. The van der Waals surface area contributed by atoms with Crippen LogP contribution in [0.2, 0.25) is 0 Å². The van der Waals surface area contributed by atoms with E-state index in [2.05, 4.69) is 13.0 Å². The lowest BCUT2D eigenvalue weighted by atomic mass is 10.2. The maximum atomic E-state index is 11.8. The minimum atomic E-state index is -0.866. The van der Waals surface area contributed by atoms with Crippen LogP contribution in [-0.2, 0) is 10.8 Å². The first-order valence-corrected chi connectivity index (χ1v) is 6.12. The van der Waals surface area contributed by atoms with Crippen LogP contribution in [0.5, 0.6) is 0 Å². The molecule has 0 amide bonds. The Morgan fingerprint density at radius 1 is 1.36 bits per heavy atom. The molecule has 0 saturated carbocycles. The fraction of sp³-hybridized carbons (Fsp3) is 0.333. The first-order chi connectivity index (χ1) is 6.74. The minimum Gasteiger partial charge on any atom is -0.254 e. The highest BCUT2D eigenvalue weighted by molar-refractivity contribution is 7.85. The molecule has 14 heavy (non-hydrogen) atoms. The van der Waals surface area contributed by atoms with Crippen molar-refractivity contribution in [2.75, 3.05) is 5.75 Å². The average Bonchev–Trinajstić information content (AvgIpc) is 2.19. The first kappa shape index (κ1) is 11.2. The van der Waals surface area contributed by atoms with Crippen molar-refractivity contribution in [1.29, 1.82) is 0 Å². The van der Waals surface area contributed by atoms with E-state index in [4.69, 9.17) is 0 Å². The average molecular weight is 208 g/mol. The van der Waals surface area contributed by atoms with Crippen LogP contribution in [0, 0.1) is 5.92 Å². The maximum absolute atomic E-state index is 11.8. The molecule has 2 atom stereocenters. The molecule has 0 fully saturated rings. The van der Waals surface area contributed by atoms with Crippen molar-refractivity contribution in [3.05, 3.63) is 42.5 Å². The molecule has 0 bridgehead atoms. The van der Waals surface area contributed by atoms with E-state index >= 15 is 0 Å². The third kappa shape index (κ3) is 3.46. The van der Waals surface area contributed by atoms with Gasteiger partial charge in [0.15, 0.2) is 0 Å². The second-order valence-electron chi connectivity index (χ2n) is 3.33. The first-order valence-electron chi connectivity index (χ1n) is 4.80. The van der Waals surface area contributed by atoms with Gasteiger partial charge in [0.05, 0.1) is 10.8 Å². The molecule has 0 radical (unpaired) electrons. The summed E-state index contributed by atoms with van der Waals surface area (Å²) in [6.45, 7) is 4.07. The third-order valence-electron chi connectivity index (χ3n) is 1.94. The molecule has 0 aliphatic heterocycles. The molecule has 0 saturated heterocycles. The van der Waals surface area contributed by atoms with Crippen molar-refractivity contribution < 1.29 is 4.21 Å². The van der Waals surface area contributed by atoms with Crippen LogP contribution >= 0.6 is 0 Å². The summed E-state index contributed by atoms with van der Waals surface area (Å²) in [7, 11) is -0.866. The molecule has 0 aromatic heterocycles. The van der Waals surface area contributed by atoms with E-state index in [0.717, 1.165) is 4.90 Å². The number of benzene rings is 1. The summed E-state index contributed by atoms with van der Waals surface area (Å²) in [5, 5.41) is 0. The predicted molar refractivity (Wildman–Crippen MR) is 61.7 cm³/mol. The zero-order valence-electron chi connectivity index (χ0n) is 8.64. The molecule has 76 valence electrons. The summed E-state index contributed by atoms with van der Waals surface area (Å²) < 4.78 is 11.8. The van der Waals surface area contributed by atoms with Crippen molar-refractivity contribution in [1.82, 2.24) is 0 Å². The van der Waals surface area contributed by atoms with Crippen LogP contribution in [0.4, 0.5) is 0 Å². The van der Waals surface area contributed by atoms with E-state index in [1.165, 1.54) is 0 Å². The molecule has 1 nitrogen and oxygen atoms in total. The Balaban J connectivity index is 2.59. The molecule has 0 aliphatic carbocycles. The van der Waals surface area contributed by atoms with Gasteiger partial charge >= 0.3 is 0 Å². The van der Waals surface area contributed by atoms with Crippen LogP contribution < -0.4 is 0 Å². The lowest BCUT2D eigenvalue weighted by Gasteiger charge is -2.05. The second-order valence-corrected chi connectivity index (χ2v) is 4.82. The summed E-state index contributed by atoms with van der Waals surface area (Å²) >= 11 is 0. The van der Waals surface area contributed by atoms with Crippen molar-refractivity contribution >= 4 is 10.8 Å². The summed E-state index contributed by atoms with van der Waals surface area (Å²) in [5.74, 6) is 1.08. The zero-order chi connectivity index (χ0) is 10.4. The maximum Gasteiger partial charge on any atom is 0.0535 e. The van der Waals surface area contributed by atoms with Gasteiger partial charge in [0, 0.05) is 10.6 Å². The topological polar surface area (TPSA) is 17.1 Å². The fourth-order valence-electron chi connectivity index (χ4n) is 1.29. The van der Waals surface area contributed by atoms with Gasteiger partial charge in [-0.25, -0.2) is 0 Å². The molecule has 1 aromatic rings. The molecule has 2 heteroatoms. The molecule has 0 unspecified atom stereocenters. The van der Waals surface area contributed by atoms with Crippen LogP contribution in [-0.4, -0.2) is 9.96 Å². The molecule has 0 spiro atoms. The van der Waals surface area contributed by atoms with Gasteiger partial charge in [-0.3, -0.25) is 4.21 Å². The van der Waals surface area contributed by atoms with E-state index in [9.17, 15) is 4.21 Å². The van der Waals surface area contributed by atoms with Crippen LogP contribution in [0.15, 0.2) is 47.4 Å². The van der Waals surface area contributed by atoms with Gasteiger partial charge in [-0.05, 0) is 25.0 Å². The molecular formula is C12H16OS. The highest BCUT2D eigenvalue weighted by Gasteiger charge is 2.06. The van der Waals surface area contributed by atoms with E-state index in [1.807, 2.05) is 43.3 Å². The monoisotopic (exact) mass is 208 g/mol. The van der Waals surface area contributed by atoms with Gasteiger partial charge in [-0.2, -0.15) is 0 Å². The normalized spacial score (nSPS) is 15.6. The van der Waals surface area contributed by atoms with Gasteiger partial charge in [-0.1, -0.05) is 37.3 Å². The van der Waals surface area contributed by atoms with Crippen LogP contribution in [0.25, 0.3) is 0 Å². The van der Waals surface area contributed by atoms with Gasteiger partial charge in [0.1, 0.15) is 0 Å². The van der Waals surface area contributed by atoms with Crippen molar-refractivity contribution in [2.24, 2.45) is 5.92 Å². The van der Waals surface area contributed by atoms with Crippen molar-refractivity contribution in [2.45, 2.75) is 18.7 Å². The molecule has 0 aliphatic rings. The molecule has 0 N–H and O–H groups in total. The standard InChI is InChI=1S/C12H16OS/c1-3-7-11(2)10-14(13)12-8-5-4-6-9-12/h3-9,11H,10H2,1-2H3/b7-3-/t11-,14+/m0/s1. The van der Waals surface area contributed by atoms with E-state index in [0.29, 0.717) is 11.7 Å². The smallest absolute Gasteiger partial charge is 0.0535 e. The number of allylic oxidation sites excluding steroid dienone is 2. The lowest BCUT2D eigenvalue weighted by molar-refractivity contribution is 0.675. The number of hydrogen-bond donors (Lipinski definition) is 0. The van der Waals surface area contributed by atoms with Crippen LogP contribution in [0.3, 0.4) is 0 Å². The largest absolute Gasteiger partial charge is 0.254 e. The summed E-state index contributed by atoms with van der Waals surface area (Å²) in [5.41, 5.74) is 0. The van der Waals surface area contributed by atoms with E-state index < -0.39 is 10.8 Å². The highest BCUT2D eigenvalue weighted by atomic mass is 32.2. The SMILES string of the molecule is C/C=C\[C@H](C)C[S@@](=O)c1ccccc1. The molecular weight excluding hydrogens is 192 g/mol. The molecule has 0 heterocycles. The Hall–Kier alpha value is -0.890. The van der Waals surface area contributed by atoms with Gasteiger partial charge in [0.25, 0.3) is 0 Å². The van der Waals surface area contributed by atoms with E-state index in [1.54, 1.807) is 0 Å².